The zero-order valence-corrected chi connectivity index (χ0v) is 19.5. The van der Waals surface area contributed by atoms with Crippen molar-refractivity contribution in [3.05, 3.63) is 125 Å². The molecular weight excluding hydrogens is 436 g/mol. The van der Waals surface area contributed by atoms with Gasteiger partial charge in [-0.3, -0.25) is 9.13 Å². The van der Waals surface area contributed by atoms with Crippen molar-refractivity contribution in [1.82, 2.24) is 29.8 Å². The summed E-state index contributed by atoms with van der Waals surface area (Å²) in [5.41, 5.74) is 6.16. The van der Waals surface area contributed by atoms with Crippen molar-refractivity contribution in [2.45, 2.75) is 26.4 Å². The Morgan fingerprint density at radius 2 is 1.57 bits per heavy atom. The van der Waals surface area contributed by atoms with Gasteiger partial charge in [0.25, 0.3) is 0 Å². The molecule has 0 amide bonds. The molecule has 7 heteroatoms. The van der Waals surface area contributed by atoms with E-state index in [-0.39, 0.29) is 5.69 Å². The van der Waals surface area contributed by atoms with Crippen molar-refractivity contribution in [3.63, 3.8) is 0 Å². The summed E-state index contributed by atoms with van der Waals surface area (Å²) in [6.45, 7) is 3.07. The fourth-order valence-electron chi connectivity index (χ4n) is 4.22. The number of H-pyrrole nitrogens is 1. The second kappa shape index (κ2) is 10.2. The first kappa shape index (κ1) is 22.3. The SMILES string of the molecule is CC=CCc1cn(Cc2ccccc2)c(=O)n1Cc1ccc(-c2ccccc2-c2nn[nH]n2)cc1. The van der Waals surface area contributed by atoms with Gasteiger partial charge < -0.3 is 0 Å². The highest BCUT2D eigenvalue weighted by Gasteiger charge is 2.13. The quantitative estimate of drug-likeness (QED) is 0.339. The van der Waals surface area contributed by atoms with Crippen LogP contribution in [-0.4, -0.2) is 29.8 Å². The van der Waals surface area contributed by atoms with Gasteiger partial charge in [0.2, 0.25) is 5.82 Å². The normalized spacial score (nSPS) is 11.3. The number of tetrazole rings is 1. The van der Waals surface area contributed by atoms with Crippen LogP contribution in [0.2, 0.25) is 0 Å². The number of aromatic nitrogens is 6. The lowest BCUT2D eigenvalue weighted by Crippen LogP contribution is -2.25. The van der Waals surface area contributed by atoms with Crippen LogP contribution in [0.15, 0.2) is 102 Å². The Labute approximate surface area is 203 Å². The first-order valence-corrected chi connectivity index (χ1v) is 11.6. The van der Waals surface area contributed by atoms with E-state index >= 15 is 0 Å². The molecule has 0 saturated carbocycles. The third-order valence-electron chi connectivity index (χ3n) is 6.01. The molecule has 3 aromatic carbocycles. The van der Waals surface area contributed by atoms with Gasteiger partial charge in [-0.15, -0.1) is 10.2 Å². The van der Waals surface area contributed by atoms with Crippen molar-refractivity contribution in [1.29, 1.82) is 0 Å². The zero-order valence-electron chi connectivity index (χ0n) is 19.5. The molecule has 0 spiro atoms. The van der Waals surface area contributed by atoms with Crippen LogP contribution >= 0.6 is 0 Å². The number of allylic oxidation sites excluding steroid dienone is 2. The molecule has 5 aromatic rings. The molecule has 5 rings (SSSR count). The van der Waals surface area contributed by atoms with E-state index in [1.165, 1.54) is 0 Å². The Kier molecular flexibility index (Phi) is 6.48. The fraction of sp³-hybridized carbons (Fsp3) is 0.143. The van der Waals surface area contributed by atoms with E-state index in [4.69, 9.17) is 0 Å². The molecular formula is C28H26N6O. The highest BCUT2D eigenvalue weighted by Crippen LogP contribution is 2.29. The van der Waals surface area contributed by atoms with Crippen LogP contribution in [0.1, 0.15) is 23.7 Å². The van der Waals surface area contributed by atoms with Crippen LogP contribution in [0.25, 0.3) is 22.5 Å². The predicted octanol–water partition coefficient (Wildman–Crippen LogP) is 4.71. The Morgan fingerprint density at radius 1 is 0.857 bits per heavy atom. The van der Waals surface area contributed by atoms with E-state index in [1.54, 1.807) is 4.57 Å². The molecule has 0 aliphatic heterocycles. The second-order valence-corrected chi connectivity index (χ2v) is 8.35. The largest absolute Gasteiger partial charge is 0.328 e. The number of hydrogen-bond acceptors (Lipinski definition) is 4. The third-order valence-corrected chi connectivity index (χ3v) is 6.01. The molecule has 0 aliphatic carbocycles. The maximum atomic E-state index is 13.3. The van der Waals surface area contributed by atoms with E-state index in [9.17, 15) is 4.79 Å². The van der Waals surface area contributed by atoms with Gasteiger partial charge in [-0.05, 0) is 34.4 Å². The minimum absolute atomic E-state index is 0.000107. The van der Waals surface area contributed by atoms with Gasteiger partial charge in [-0.25, -0.2) is 4.79 Å². The summed E-state index contributed by atoms with van der Waals surface area (Å²) >= 11 is 0. The zero-order chi connectivity index (χ0) is 24.0. The highest BCUT2D eigenvalue weighted by atomic mass is 16.1. The molecule has 174 valence electrons. The molecule has 0 aliphatic rings. The molecule has 0 atom stereocenters. The average Bonchev–Trinajstić information content (AvgIpc) is 3.54. The van der Waals surface area contributed by atoms with Gasteiger partial charge >= 0.3 is 5.69 Å². The van der Waals surface area contributed by atoms with E-state index < -0.39 is 0 Å². The maximum absolute atomic E-state index is 13.3. The van der Waals surface area contributed by atoms with Gasteiger partial charge in [0.1, 0.15) is 0 Å². The van der Waals surface area contributed by atoms with Gasteiger partial charge in [0.15, 0.2) is 0 Å². The molecule has 2 heterocycles. The molecule has 0 radical (unpaired) electrons. The number of rotatable bonds is 8. The van der Waals surface area contributed by atoms with Crippen molar-refractivity contribution >= 4 is 0 Å². The number of nitrogens with zero attached hydrogens (tertiary/aromatic N) is 5. The summed E-state index contributed by atoms with van der Waals surface area (Å²) in [5.74, 6) is 0.560. The smallest absolute Gasteiger partial charge is 0.295 e. The summed E-state index contributed by atoms with van der Waals surface area (Å²) in [6.07, 6.45) is 6.78. The van der Waals surface area contributed by atoms with E-state index in [0.29, 0.717) is 25.3 Å². The first-order chi connectivity index (χ1) is 17.2. The lowest BCUT2D eigenvalue weighted by atomic mass is 9.98. The molecule has 0 saturated heterocycles. The molecule has 1 N–H and O–H groups in total. The monoisotopic (exact) mass is 462 g/mol. The van der Waals surface area contributed by atoms with Crippen LogP contribution in [0.4, 0.5) is 0 Å². The van der Waals surface area contributed by atoms with Crippen LogP contribution in [0.3, 0.4) is 0 Å². The predicted molar refractivity (Wildman–Crippen MR) is 137 cm³/mol. The van der Waals surface area contributed by atoms with Crippen LogP contribution in [-0.2, 0) is 19.5 Å². The Bertz CT molecular complexity index is 1480. The Morgan fingerprint density at radius 3 is 2.29 bits per heavy atom. The van der Waals surface area contributed by atoms with E-state index in [0.717, 1.165) is 33.5 Å². The Hall–Kier alpha value is -4.52. The number of nitrogens with one attached hydrogen (secondary N) is 1. The van der Waals surface area contributed by atoms with Crippen molar-refractivity contribution < 1.29 is 0 Å². The van der Waals surface area contributed by atoms with Crippen LogP contribution < -0.4 is 5.69 Å². The minimum atomic E-state index is -0.000107. The molecule has 0 unspecified atom stereocenters. The number of imidazole rings is 1. The van der Waals surface area contributed by atoms with Gasteiger partial charge in [-0.2, -0.15) is 5.21 Å². The first-order valence-electron chi connectivity index (χ1n) is 11.6. The van der Waals surface area contributed by atoms with Crippen molar-refractivity contribution in [2.24, 2.45) is 0 Å². The topological polar surface area (TPSA) is 81.4 Å². The number of benzene rings is 3. The van der Waals surface area contributed by atoms with Gasteiger partial charge in [0, 0.05) is 23.9 Å². The van der Waals surface area contributed by atoms with Crippen LogP contribution in [0, 0.1) is 0 Å². The van der Waals surface area contributed by atoms with E-state index in [1.807, 2.05) is 78.4 Å². The van der Waals surface area contributed by atoms with Crippen molar-refractivity contribution in [2.75, 3.05) is 0 Å². The van der Waals surface area contributed by atoms with E-state index in [2.05, 4.69) is 51.0 Å². The lowest BCUT2D eigenvalue weighted by molar-refractivity contribution is 0.673. The fourth-order valence-corrected chi connectivity index (χ4v) is 4.22. The summed E-state index contributed by atoms with van der Waals surface area (Å²) in [6, 6.07) is 26.3. The summed E-state index contributed by atoms with van der Waals surface area (Å²) in [5, 5.41) is 14.5. The number of aromatic amines is 1. The van der Waals surface area contributed by atoms with Crippen molar-refractivity contribution in [3.8, 4) is 22.5 Å². The second-order valence-electron chi connectivity index (χ2n) is 8.35. The molecule has 7 nitrogen and oxygen atoms in total. The molecule has 35 heavy (non-hydrogen) atoms. The molecule has 2 aromatic heterocycles. The average molecular weight is 463 g/mol. The lowest BCUT2D eigenvalue weighted by Gasteiger charge is -2.09. The summed E-state index contributed by atoms with van der Waals surface area (Å²) < 4.78 is 3.66. The summed E-state index contributed by atoms with van der Waals surface area (Å²) in [4.78, 5) is 13.3. The molecule has 0 bridgehead atoms. The Balaban J connectivity index is 1.43. The van der Waals surface area contributed by atoms with Crippen LogP contribution in [0.5, 0.6) is 0 Å². The summed E-state index contributed by atoms with van der Waals surface area (Å²) in [7, 11) is 0. The number of hydrogen-bond donors (Lipinski definition) is 1. The van der Waals surface area contributed by atoms with Gasteiger partial charge in [0.05, 0.1) is 13.1 Å². The third kappa shape index (κ3) is 4.89. The minimum Gasteiger partial charge on any atom is -0.295 e. The van der Waals surface area contributed by atoms with Gasteiger partial charge in [-0.1, -0.05) is 91.0 Å². The highest BCUT2D eigenvalue weighted by molar-refractivity contribution is 5.80. The maximum Gasteiger partial charge on any atom is 0.328 e. The molecule has 0 fully saturated rings. The standard InChI is InChI=1S/C28H26N6O/c1-2-3-11-24-20-33(18-21-9-5-4-6-10-21)28(35)34(24)19-22-14-16-23(17-15-22)25-12-7-8-13-26(25)27-29-31-32-30-27/h2-10,12-17,20H,11,18-19H2,1H3,(H,29,30,31,32).